The number of nitrogens with two attached hydrogens (primary N) is 1. The van der Waals surface area contributed by atoms with Crippen molar-refractivity contribution in [1.82, 2.24) is 4.90 Å². The van der Waals surface area contributed by atoms with Crippen LogP contribution in [0.15, 0.2) is 30.3 Å². The minimum absolute atomic E-state index is 0.265. The summed E-state index contributed by atoms with van der Waals surface area (Å²) in [4.78, 5) is 25.7. The first-order valence-corrected chi connectivity index (χ1v) is 7.08. The first kappa shape index (κ1) is 15.4. The van der Waals surface area contributed by atoms with Crippen molar-refractivity contribution in [3.63, 3.8) is 0 Å². The molecule has 2 N–H and O–H groups in total. The number of carbonyl (C=O) groups is 2. The lowest BCUT2D eigenvalue weighted by Crippen LogP contribution is -2.45. The fraction of sp³-hybridized carbons (Fsp3) is 0.500. The Morgan fingerprint density at radius 1 is 1.24 bits per heavy atom. The molecule has 1 aromatic carbocycles. The molecule has 0 saturated carbocycles. The Bertz CT molecular complexity index is 536. The van der Waals surface area contributed by atoms with E-state index in [4.69, 9.17) is 10.5 Å². The van der Waals surface area contributed by atoms with Crippen molar-refractivity contribution in [3.05, 3.63) is 35.9 Å². The number of carbonyl (C=O) groups excluding carboxylic acids is 2. The first-order chi connectivity index (χ1) is 9.74. The maximum Gasteiger partial charge on any atom is 0.410 e. The minimum Gasteiger partial charge on any atom is -0.444 e. The summed E-state index contributed by atoms with van der Waals surface area (Å²) < 4.78 is 5.37. The van der Waals surface area contributed by atoms with Gasteiger partial charge in [0.15, 0.2) is 0 Å². The van der Waals surface area contributed by atoms with Crippen LogP contribution in [0.2, 0.25) is 0 Å². The number of hydrogen-bond donors (Lipinski definition) is 1. The van der Waals surface area contributed by atoms with Crippen LogP contribution < -0.4 is 5.73 Å². The Hall–Kier alpha value is -2.04. The van der Waals surface area contributed by atoms with E-state index in [1.165, 1.54) is 0 Å². The van der Waals surface area contributed by atoms with Gasteiger partial charge in [0.05, 0.1) is 5.41 Å². The zero-order valence-electron chi connectivity index (χ0n) is 12.8. The van der Waals surface area contributed by atoms with Crippen LogP contribution in [0.3, 0.4) is 0 Å². The van der Waals surface area contributed by atoms with Crippen molar-refractivity contribution in [2.75, 3.05) is 13.1 Å². The van der Waals surface area contributed by atoms with Crippen molar-refractivity contribution in [1.29, 1.82) is 0 Å². The van der Waals surface area contributed by atoms with Crippen LogP contribution >= 0.6 is 0 Å². The van der Waals surface area contributed by atoms with Gasteiger partial charge in [-0.05, 0) is 32.8 Å². The highest BCUT2D eigenvalue weighted by molar-refractivity contribution is 5.88. The second kappa shape index (κ2) is 5.39. The maximum absolute atomic E-state index is 12.2. The topological polar surface area (TPSA) is 72.6 Å². The van der Waals surface area contributed by atoms with Crippen LogP contribution in [0.5, 0.6) is 0 Å². The molecular weight excluding hydrogens is 268 g/mol. The Morgan fingerprint density at radius 2 is 1.86 bits per heavy atom. The van der Waals surface area contributed by atoms with Gasteiger partial charge in [-0.1, -0.05) is 30.3 Å². The van der Waals surface area contributed by atoms with E-state index in [1.54, 1.807) is 4.90 Å². The van der Waals surface area contributed by atoms with Gasteiger partial charge in [0.1, 0.15) is 5.60 Å². The standard InChI is InChI=1S/C16H22N2O3/c1-15(2,3)21-14(20)18-10-9-16(11-18,13(17)19)12-7-5-4-6-8-12/h4-8H,9-11H2,1-3H3,(H2,17,19). The van der Waals surface area contributed by atoms with E-state index in [2.05, 4.69) is 0 Å². The highest BCUT2D eigenvalue weighted by atomic mass is 16.6. The number of benzene rings is 1. The lowest BCUT2D eigenvalue weighted by molar-refractivity contribution is -0.123. The number of ether oxygens (including phenoxy) is 1. The SMILES string of the molecule is CC(C)(C)OC(=O)N1CCC(C(N)=O)(c2ccccc2)C1. The molecule has 1 saturated heterocycles. The lowest BCUT2D eigenvalue weighted by Gasteiger charge is -2.28. The van der Waals surface area contributed by atoms with Crippen LogP contribution in [0, 0.1) is 0 Å². The summed E-state index contributed by atoms with van der Waals surface area (Å²) in [6, 6.07) is 9.39. The fourth-order valence-corrected chi connectivity index (χ4v) is 2.63. The molecule has 1 heterocycles. The second-order valence-corrected chi connectivity index (χ2v) is 6.46. The third-order valence-corrected chi connectivity index (χ3v) is 3.72. The molecule has 5 heteroatoms. The maximum atomic E-state index is 12.2. The fourth-order valence-electron chi connectivity index (χ4n) is 2.63. The summed E-state index contributed by atoms with van der Waals surface area (Å²) >= 11 is 0. The molecule has 0 aliphatic carbocycles. The molecule has 1 unspecified atom stereocenters. The average molecular weight is 290 g/mol. The zero-order valence-corrected chi connectivity index (χ0v) is 12.8. The summed E-state index contributed by atoms with van der Waals surface area (Å²) in [6.07, 6.45) is 0.118. The molecule has 2 rings (SSSR count). The van der Waals surface area contributed by atoms with Gasteiger partial charge in [0, 0.05) is 13.1 Å². The number of nitrogens with zero attached hydrogens (tertiary/aromatic N) is 1. The molecule has 1 fully saturated rings. The van der Waals surface area contributed by atoms with E-state index in [-0.39, 0.29) is 6.54 Å². The monoisotopic (exact) mass is 290 g/mol. The van der Waals surface area contributed by atoms with E-state index in [0.717, 1.165) is 5.56 Å². The highest BCUT2D eigenvalue weighted by Gasteiger charge is 2.46. The predicted octanol–water partition coefficient (Wildman–Crippen LogP) is 2.05. The van der Waals surface area contributed by atoms with Gasteiger partial charge in [-0.25, -0.2) is 4.79 Å². The minimum atomic E-state index is -0.821. The Balaban J connectivity index is 2.21. The molecular formula is C16H22N2O3. The number of rotatable bonds is 2. The molecule has 1 atom stereocenters. The number of likely N-dealkylation sites (tertiary alicyclic amines) is 1. The largest absolute Gasteiger partial charge is 0.444 e. The molecule has 21 heavy (non-hydrogen) atoms. The molecule has 0 bridgehead atoms. The second-order valence-electron chi connectivity index (χ2n) is 6.46. The summed E-state index contributed by atoms with van der Waals surface area (Å²) in [5.41, 5.74) is 5.11. The van der Waals surface area contributed by atoms with E-state index in [0.29, 0.717) is 13.0 Å². The number of primary amides is 1. The van der Waals surface area contributed by atoms with Crippen molar-refractivity contribution in [3.8, 4) is 0 Å². The van der Waals surface area contributed by atoms with Crippen molar-refractivity contribution < 1.29 is 14.3 Å². The molecule has 0 spiro atoms. The van der Waals surface area contributed by atoms with E-state index in [1.807, 2.05) is 51.1 Å². The number of hydrogen-bond acceptors (Lipinski definition) is 3. The normalized spacial score (nSPS) is 22.1. The van der Waals surface area contributed by atoms with Crippen molar-refractivity contribution >= 4 is 12.0 Å². The molecule has 0 aromatic heterocycles. The molecule has 114 valence electrons. The average Bonchev–Trinajstić information content (AvgIpc) is 2.84. The van der Waals surface area contributed by atoms with Crippen LogP contribution in [0.25, 0.3) is 0 Å². The molecule has 1 aliphatic rings. The molecule has 0 radical (unpaired) electrons. The predicted molar refractivity (Wildman–Crippen MR) is 79.7 cm³/mol. The summed E-state index contributed by atoms with van der Waals surface area (Å²) in [7, 11) is 0. The van der Waals surface area contributed by atoms with Crippen LogP contribution in [0.4, 0.5) is 4.79 Å². The molecule has 1 aromatic rings. The quantitative estimate of drug-likeness (QED) is 0.906. The molecule has 5 nitrogen and oxygen atoms in total. The Labute approximate surface area is 125 Å². The third kappa shape index (κ3) is 3.17. The summed E-state index contributed by atoms with van der Waals surface area (Å²) in [5, 5.41) is 0. The molecule has 2 amide bonds. The van der Waals surface area contributed by atoms with Gasteiger partial charge in [-0.2, -0.15) is 0 Å². The lowest BCUT2D eigenvalue weighted by atomic mass is 9.79. The van der Waals surface area contributed by atoms with Gasteiger partial charge in [0.25, 0.3) is 0 Å². The van der Waals surface area contributed by atoms with Crippen LogP contribution in [-0.4, -0.2) is 35.6 Å². The van der Waals surface area contributed by atoms with Crippen molar-refractivity contribution in [2.24, 2.45) is 5.73 Å². The number of amides is 2. The van der Waals surface area contributed by atoms with Gasteiger partial charge < -0.3 is 15.4 Å². The Morgan fingerprint density at radius 3 is 2.38 bits per heavy atom. The zero-order chi connectivity index (χ0) is 15.7. The van der Waals surface area contributed by atoms with E-state index < -0.39 is 23.0 Å². The smallest absolute Gasteiger partial charge is 0.410 e. The van der Waals surface area contributed by atoms with Gasteiger partial charge in [-0.3, -0.25) is 4.79 Å². The molecule has 1 aliphatic heterocycles. The van der Waals surface area contributed by atoms with Crippen LogP contribution in [-0.2, 0) is 14.9 Å². The van der Waals surface area contributed by atoms with E-state index in [9.17, 15) is 9.59 Å². The van der Waals surface area contributed by atoms with E-state index >= 15 is 0 Å². The summed E-state index contributed by atoms with van der Waals surface area (Å²) in [5.74, 6) is -0.403. The van der Waals surface area contributed by atoms with Gasteiger partial charge in [-0.15, -0.1) is 0 Å². The van der Waals surface area contributed by atoms with Crippen molar-refractivity contribution in [2.45, 2.75) is 38.2 Å². The van der Waals surface area contributed by atoms with Gasteiger partial charge >= 0.3 is 6.09 Å². The highest BCUT2D eigenvalue weighted by Crippen LogP contribution is 2.35. The van der Waals surface area contributed by atoms with Crippen LogP contribution in [0.1, 0.15) is 32.8 Å². The third-order valence-electron chi connectivity index (χ3n) is 3.72. The van der Waals surface area contributed by atoms with Gasteiger partial charge in [0.2, 0.25) is 5.91 Å². The Kier molecular flexibility index (Phi) is 3.94. The summed E-state index contributed by atoms with van der Waals surface area (Å²) in [6.45, 7) is 6.19. The first-order valence-electron chi connectivity index (χ1n) is 7.08.